The summed E-state index contributed by atoms with van der Waals surface area (Å²) < 4.78 is 11.7. The number of carbonyl (C=O) groups is 1. The van der Waals surface area contributed by atoms with Gasteiger partial charge in [-0.3, -0.25) is 4.79 Å². The SMILES string of the molecule is O=C(C1CCCO1)N1CCC(Oc2ccc(-c3ccc4ccccc4n3)cc2)CC1. The van der Waals surface area contributed by atoms with Gasteiger partial charge in [0.1, 0.15) is 18.0 Å². The van der Waals surface area contributed by atoms with Gasteiger partial charge in [0, 0.05) is 43.5 Å². The fraction of sp³-hybridized carbons (Fsp3) is 0.360. The molecule has 2 saturated heterocycles. The normalized spacial score (nSPS) is 19.9. The molecule has 3 heterocycles. The molecule has 154 valence electrons. The average Bonchev–Trinajstić information content (AvgIpc) is 3.34. The van der Waals surface area contributed by atoms with Crippen molar-refractivity contribution in [1.29, 1.82) is 0 Å². The topological polar surface area (TPSA) is 51.7 Å². The van der Waals surface area contributed by atoms with Gasteiger partial charge in [0.15, 0.2) is 0 Å². The molecule has 0 spiro atoms. The highest BCUT2D eigenvalue weighted by Gasteiger charge is 2.31. The molecule has 0 saturated carbocycles. The summed E-state index contributed by atoms with van der Waals surface area (Å²) in [6.07, 6.45) is 3.47. The number of rotatable bonds is 4. The number of hydrogen-bond donors (Lipinski definition) is 0. The molecule has 2 aliphatic rings. The molecule has 30 heavy (non-hydrogen) atoms. The van der Waals surface area contributed by atoms with Crippen LogP contribution in [0.2, 0.25) is 0 Å². The molecular formula is C25H26N2O3. The number of benzene rings is 2. The zero-order valence-electron chi connectivity index (χ0n) is 17.0. The fourth-order valence-electron chi connectivity index (χ4n) is 4.29. The quantitative estimate of drug-likeness (QED) is 0.647. The number of piperidine rings is 1. The minimum absolute atomic E-state index is 0.142. The first kappa shape index (κ1) is 19.1. The highest BCUT2D eigenvalue weighted by Crippen LogP contribution is 2.26. The van der Waals surface area contributed by atoms with Gasteiger partial charge in [-0.25, -0.2) is 4.98 Å². The first-order valence-corrected chi connectivity index (χ1v) is 10.8. The lowest BCUT2D eigenvalue weighted by atomic mass is 10.1. The predicted octanol–water partition coefficient (Wildman–Crippen LogP) is 4.45. The molecule has 2 fully saturated rings. The fourth-order valence-corrected chi connectivity index (χ4v) is 4.29. The Morgan fingerprint density at radius 1 is 0.967 bits per heavy atom. The summed E-state index contributed by atoms with van der Waals surface area (Å²) in [5, 5.41) is 1.14. The number of fused-ring (bicyclic) bond motifs is 1. The van der Waals surface area contributed by atoms with E-state index >= 15 is 0 Å². The van der Waals surface area contributed by atoms with Crippen LogP contribution in [0.4, 0.5) is 0 Å². The van der Waals surface area contributed by atoms with Crippen LogP contribution in [-0.2, 0) is 9.53 Å². The monoisotopic (exact) mass is 402 g/mol. The Balaban J connectivity index is 1.19. The van der Waals surface area contributed by atoms with E-state index in [0.29, 0.717) is 6.61 Å². The van der Waals surface area contributed by atoms with E-state index < -0.39 is 0 Å². The van der Waals surface area contributed by atoms with E-state index in [9.17, 15) is 4.79 Å². The molecule has 1 aromatic heterocycles. The summed E-state index contributed by atoms with van der Waals surface area (Å²) in [5.41, 5.74) is 3.03. The molecule has 2 aliphatic heterocycles. The Hall–Kier alpha value is -2.92. The number of likely N-dealkylation sites (tertiary alicyclic amines) is 1. The van der Waals surface area contributed by atoms with Crippen LogP contribution in [0.15, 0.2) is 60.7 Å². The van der Waals surface area contributed by atoms with Crippen LogP contribution in [-0.4, -0.2) is 47.7 Å². The van der Waals surface area contributed by atoms with Crippen molar-refractivity contribution >= 4 is 16.8 Å². The third kappa shape index (κ3) is 4.03. The smallest absolute Gasteiger partial charge is 0.251 e. The third-order valence-corrected chi connectivity index (χ3v) is 6.01. The minimum Gasteiger partial charge on any atom is -0.490 e. The summed E-state index contributed by atoms with van der Waals surface area (Å²) in [4.78, 5) is 19.2. The second-order valence-corrected chi connectivity index (χ2v) is 8.06. The lowest BCUT2D eigenvalue weighted by Crippen LogP contribution is -2.45. The van der Waals surface area contributed by atoms with E-state index in [1.54, 1.807) is 0 Å². The van der Waals surface area contributed by atoms with Crippen LogP contribution < -0.4 is 4.74 Å². The Labute approximate surface area is 176 Å². The predicted molar refractivity (Wildman–Crippen MR) is 116 cm³/mol. The van der Waals surface area contributed by atoms with Crippen LogP contribution in [0, 0.1) is 0 Å². The molecule has 5 rings (SSSR count). The Bertz CT molecular complexity index is 1020. The summed E-state index contributed by atoms with van der Waals surface area (Å²) in [6.45, 7) is 2.19. The molecule has 2 aromatic carbocycles. The number of ether oxygens (including phenoxy) is 2. The van der Waals surface area contributed by atoms with Gasteiger partial charge in [-0.2, -0.15) is 0 Å². The number of hydrogen-bond acceptors (Lipinski definition) is 4. The van der Waals surface area contributed by atoms with Gasteiger partial charge in [0.05, 0.1) is 11.2 Å². The molecule has 1 atom stereocenters. The molecule has 0 radical (unpaired) electrons. The zero-order chi connectivity index (χ0) is 20.3. The molecule has 5 heteroatoms. The van der Waals surface area contributed by atoms with E-state index in [4.69, 9.17) is 14.5 Å². The molecular weight excluding hydrogens is 376 g/mol. The number of amides is 1. The summed E-state index contributed by atoms with van der Waals surface area (Å²) in [5.74, 6) is 1.02. The number of pyridine rings is 1. The lowest BCUT2D eigenvalue weighted by molar-refractivity contribution is -0.142. The van der Waals surface area contributed by atoms with Crippen LogP contribution in [0.5, 0.6) is 5.75 Å². The van der Waals surface area contributed by atoms with Crippen molar-refractivity contribution in [1.82, 2.24) is 9.88 Å². The van der Waals surface area contributed by atoms with Gasteiger partial charge in [0.25, 0.3) is 5.91 Å². The van der Waals surface area contributed by atoms with Crippen molar-refractivity contribution in [2.24, 2.45) is 0 Å². The van der Waals surface area contributed by atoms with Gasteiger partial charge in [0.2, 0.25) is 0 Å². The highest BCUT2D eigenvalue weighted by atomic mass is 16.5. The summed E-state index contributed by atoms with van der Waals surface area (Å²) in [7, 11) is 0. The third-order valence-electron chi connectivity index (χ3n) is 6.01. The first-order valence-electron chi connectivity index (χ1n) is 10.8. The molecule has 3 aromatic rings. The standard InChI is InChI=1S/C25H26N2O3/c28-25(24-6-3-17-29-24)27-15-13-21(14-16-27)30-20-10-7-19(8-11-20)23-12-9-18-4-1-2-5-22(18)26-23/h1-2,4-5,7-12,21,24H,3,6,13-17H2. The highest BCUT2D eigenvalue weighted by molar-refractivity contribution is 5.82. The van der Waals surface area contributed by atoms with Gasteiger partial charge in [-0.05, 0) is 49.2 Å². The van der Waals surface area contributed by atoms with Crippen molar-refractivity contribution in [2.75, 3.05) is 19.7 Å². The number of aromatic nitrogens is 1. The zero-order valence-corrected chi connectivity index (χ0v) is 17.0. The van der Waals surface area contributed by atoms with E-state index in [-0.39, 0.29) is 18.1 Å². The lowest BCUT2D eigenvalue weighted by Gasteiger charge is -2.33. The molecule has 0 bridgehead atoms. The van der Waals surface area contributed by atoms with Gasteiger partial charge in [-0.1, -0.05) is 24.3 Å². The number of carbonyl (C=O) groups excluding carboxylic acids is 1. The second-order valence-electron chi connectivity index (χ2n) is 8.06. The summed E-state index contributed by atoms with van der Waals surface area (Å²) >= 11 is 0. The van der Waals surface area contributed by atoms with Crippen molar-refractivity contribution in [3.05, 3.63) is 60.7 Å². The van der Waals surface area contributed by atoms with Crippen molar-refractivity contribution in [2.45, 2.75) is 37.9 Å². The van der Waals surface area contributed by atoms with E-state index in [1.807, 2.05) is 35.2 Å². The van der Waals surface area contributed by atoms with E-state index in [2.05, 4.69) is 30.3 Å². The van der Waals surface area contributed by atoms with Gasteiger partial charge in [-0.15, -0.1) is 0 Å². The maximum Gasteiger partial charge on any atom is 0.251 e. The number of para-hydroxylation sites is 1. The average molecular weight is 402 g/mol. The van der Waals surface area contributed by atoms with Crippen molar-refractivity contribution < 1.29 is 14.3 Å². The Morgan fingerprint density at radius 3 is 2.53 bits per heavy atom. The maximum atomic E-state index is 12.5. The van der Waals surface area contributed by atoms with Crippen LogP contribution in [0.1, 0.15) is 25.7 Å². The second kappa shape index (κ2) is 8.44. The molecule has 0 N–H and O–H groups in total. The minimum atomic E-state index is -0.223. The van der Waals surface area contributed by atoms with Crippen molar-refractivity contribution in [3.63, 3.8) is 0 Å². The Morgan fingerprint density at radius 2 is 1.77 bits per heavy atom. The largest absolute Gasteiger partial charge is 0.490 e. The maximum absolute atomic E-state index is 12.5. The number of nitrogens with zero attached hydrogens (tertiary/aromatic N) is 2. The summed E-state index contributed by atoms with van der Waals surface area (Å²) in [6, 6.07) is 20.4. The van der Waals surface area contributed by atoms with Crippen LogP contribution >= 0.6 is 0 Å². The van der Waals surface area contributed by atoms with Gasteiger partial charge >= 0.3 is 0 Å². The van der Waals surface area contributed by atoms with E-state index in [1.165, 1.54) is 0 Å². The van der Waals surface area contributed by atoms with Crippen LogP contribution in [0.25, 0.3) is 22.2 Å². The van der Waals surface area contributed by atoms with Crippen LogP contribution in [0.3, 0.4) is 0 Å². The van der Waals surface area contributed by atoms with E-state index in [0.717, 1.165) is 66.7 Å². The molecule has 1 unspecified atom stereocenters. The molecule has 1 amide bonds. The molecule has 5 nitrogen and oxygen atoms in total. The molecule has 0 aliphatic carbocycles. The Kier molecular flexibility index (Phi) is 5.37. The first-order chi connectivity index (χ1) is 14.8. The van der Waals surface area contributed by atoms with Gasteiger partial charge < -0.3 is 14.4 Å². The van der Waals surface area contributed by atoms with Crippen molar-refractivity contribution in [3.8, 4) is 17.0 Å².